The molecule has 3 N–H and O–H groups in total. The molecule has 8 heteroatoms. The molecule has 1 heterocycles. The molecule has 0 atom stereocenters. The van der Waals surface area contributed by atoms with Crippen LogP contribution in [0.2, 0.25) is 0 Å². The molecule has 92 valence electrons. The van der Waals surface area contributed by atoms with Gasteiger partial charge in [-0.1, -0.05) is 5.46 Å². The molecule has 2 rings (SSSR count). The third-order valence-corrected chi connectivity index (χ3v) is 2.43. The van der Waals surface area contributed by atoms with E-state index < -0.39 is 0 Å². The summed E-state index contributed by atoms with van der Waals surface area (Å²) in [5.41, 5.74) is 2.33. The Labute approximate surface area is 113 Å². The minimum absolute atomic E-state index is 0.419. The fourth-order valence-electron chi connectivity index (χ4n) is 1.54. The summed E-state index contributed by atoms with van der Waals surface area (Å²) in [6.45, 7) is 0. The maximum absolute atomic E-state index is 9.43. The molecule has 2 aromatic rings. The molecule has 1 aromatic carbocycles. The number of hydroxylamine groups is 1. The van der Waals surface area contributed by atoms with Crippen molar-refractivity contribution >= 4 is 44.3 Å². The Bertz CT molecular complexity index is 562. The van der Waals surface area contributed by atoms with Gasteiger partial charge in [0, 0.05) is 30.8 Å². The van der Waals surface area contributed by atoms with E-state index in [2.05, 4.69) is 20.5 Å². The number of hydrogen-bond donors (Lipinski definition) is 3. The first-order chi connectivity index (χ1) is 9.10. The van der Waals surface area contributed by atoms with E-state index in [0.717, 1.165) is 10.8 Å². The van der Waals surface area contributed by atoms with Crippen molar-refractivity contribution in [3.63, 3.8) is 0 Å². The molecule has 19 heavy (non-hydrogen) atoms. The molecule has 1 aromatic heterocycles. The molecular formula is C11H11B2N5O. The molecular weight excluding hydrogens is 240 g/mol. The van der Waals surface area contributed by atoms with E-state index in [9.17, 15) is 5.21 Å². The largest absolute Gasteiger partial charge is 0.435 e. The van der Waals surface area contributed by atoms with Crippen molar-refractivity contribution in [3.8, 4) is 0 Å². The maximum atomic E-state index is 9.43. The van der Waals surface area contributed by atoms with Gasteiger partial charge in [-0.05, 0) is 18.2 Å². The highest BCUT2D eigenvalue weighted by atomic mass is 16.5. The zero-order chi connectivity index (χ0) is 13.8. The van der Waals surface area contributed by atoms with Gasteiger partial charge in [0.15, 0.2) is 0 Å². The first-order valence-electron chi connectivity index (χ1n) is 5.48. The van der Waals surface area contributed by atoms with E-state index in [0.29, 0.717) is 22.8 Å². The Morgan fingerprint density at radius 2 is 1.95 bits per heavy atom. The highest BCUT2D eigenvalue weighted by molar-refractivity contribution is 6.31. The molecule has 0 aliphatic rings. The van der Waals surface area contributed by atoms with E-state index >= 15 is 0 Å². The van der Waals surface area contributed by atoms with Crippen LogP contribution >= 0.6 is 0 Å². The highest BCUT2D eigenvalue weighted by Gasteiger charge is 2.06. The van der Waals surface area contributed by atoms with Crippen LogP contribution in [0.4, 0.5) is 23.0 Å². The number of benzene rings is 1. The fourth-order valence-corrected chi connectivity index (χ4v) is 1.54. The first-order valence-corrected chi connectivity index (χ1v) is 5.48. The van der Waals surface area contributed by atoms with E-state index in [1.807, 2.05) is 0 Å². The molecule has 0 aliphatic heterocycles. The topological polar surface area (TPSA) is 73.3 Å². The van der Waals surface area contributed by atoms with Gasteiger partial charge in [-0.3, -0.25) is 10.3 Å². The van der Waals surface area contributed by atoms with Crippen molar-refractivity contribution < 1.29 is 5.21 Å². The zero-order valence-electron chi connectivity index (χ0n) is 10.3. The Hall–Kier alpha value is -2.21. The zero-order valence-corrected chi connectivity index (χ0v) is 10.3. The predicted octanol–water partition coefficient (Wildman–Crippen LogP) is 0.335. The summed E-state index contributed by atoms with van der Waals surface area (Å²) in [5.74, 6) is 0.419. The minimum atomic E-state index is 0.419. The highest BCUT2D eigenvalue weighted by Crippen LogP contribution is 2.28. The molecule has 4 radical (unpaired) electrons. The summed E-state index contributed by atoms with van der Waals surface area (Å²) in [6.07, 6.45) is 3.01. The number of rotatable bonds is 4. The molecule has 6 nitrogen and oxygen atoms in total. The van der Waals surface area contributed by atoms with Crippen LogP contribution in [-0.4, -0.2) is 38.1 Å². The molecule has 0 aliphatic carbocycles. The number of aromatic nitrogens is 2. The fraction of sp³-hybridized carbons (Fsp3) is 0.0909. The lowest BCUT2D eigenvalue weighted by Crippen LogP contribution is -2.12. The van der Waals surface area contributed by atoms with Gasteiger partial charge in [0.25, 0.3) is 0 Å². The second-order valence-electron chi connectivity index (χ2n) is 3.86. The number of nitrogens with one attached hydrogen (secondary N) is 2. The summed E-state index contributed by atoms with van der Waals surface area (Å²) in [7, 11) is 12.4. The standard InChI is InChI=1S/C11H11B2N5O/c1-18(19)10-3-2-8(4-9(10)17-13)16-11-14-5-7(12)6-15-11/h2-6,17,19H,1H3,(H,14,15,16). The van der Waals surface area contributed by atoms with E-state index in [-0.39, 0.29) is 0 Å². The first kappa shape index (κ1) is 13.2. The number of nitrogens with zero attached hydrogens (tertiary/aromatic N) is 3. The Balaban J connectivity index is 2.24. The third kappa shape index (κ3) is 3.17. The van der Waals surface area contributed by atoms with Crippen LogP contribution in [0, 0.1) is 0 Å². The molecule has 0 unspecified atom stereocenters. The molecule has 0 spiro atoms. The minimum Gasteiger partial charge on any atom is -0.435 e. The summed E-state index contributed by atoms with van der Waals surface area (Å²) in [5, 5.41) is 15.9. The van der Waals surface area contributed by atoms with Crippen molar-refractivity contribution in [1.29, 1.82) is 0 Å². The summed E-state index contributed by atoms with van der Waals surface area (Å²) < 4.78 is 0. The maximum Gasteiger partial charge on any atom is 0.227 e. The molecule has 0 amide bonds. The molecule has 0 saturated carbocycles. The molecule has 0 fully saturated rings. The van der Waals surface area contributed by atoms with Gasteiger partial charge >= 0.3 is 0 Å². The van der Waals surface area contributed by atoms with E-state index in [1.165, 1.54) is 19.4 Å². The lowest BCUT2D eigenvalue weighted by molar-refractivity contribution is 0.280. The number of anilines is 4. The van der Waals surface area contributed by atoms with Crippen molar-refractivity contribution in [2.24, 2.45) is 0 Å². The van der Waals surface area contributed by atoms with Crippen molar-refractivity contribution in [2.75, 3.05) is 22.7 Å². The van der Waals surface area contributed by atoms with Crippen LogP contribution < -0.4 is 21.1 Å². The van der Waals surface area contributed by atoms with Crippen molar-refractivity contribution in [2.45, 2.75) is 0 Å². The van der Waals surface area contributed by atoms with Gasteiger partial charge in [0.2, 0.25) is 13.9 Å². The summed E-state index contributed by atoms with van der Waals surface area (Å²) in [4.78, 5) is 8.06. The van der Waals surface area contributed by atoms with Crippen LogP contribution in [0.5, 0.6) is 0 Å². The SMILES string of the molecule is [B]Nc1cc(Nc2ncc([B])cn2)ccc1N(C)O. The van der Waals surface area contributed by atoms with Gasteiger partial charge in [0.1, 0.15) is 7.85 Å². The second-order valence-corrected chi connectivity index (χ2v) is 3.86. The van der Waals surface area contributed by atoms with Gasteiger partial charge in [0.05, 0.1) is 5.69 Å². The Morgan fingerprint density at radius 1 is 1.26 bits per heavy atom. The van der Waals surface area contributed by atoms with Crippen LogP contribution in [0.3, 0.4) is 0 Å². The summed E-state index contributed by atoms with van der Waals surface area (Å²) >= 11 is 0. The Morgan fingerprint density at radius 3 is 2.53 bits per heavy atom. The van der Waals surface area contributed by atoms with Gasteiger partial charge in [-0.25, -0.2) is 9.97 Å². The van der Waals surface area contributed by atoms with Crippen molar-refractivity contribution in [3.05, 3.63) is 30.6 Å². The number of hydrogen-bond acceptors (Lipinski definition) is 6. The van der Waals surface area contributed by atoms with Crippen LogP contribution in [0.25, 0.3) is 0 Å². The van der Waals surface area contributed by atoms with E-state index in [1.54, 1.807) is 18.2 Å². The van der Waals surface area contributed by atoms with Gasteiger partial charge < -0.3 is 10.5 Å². The predicted molar refractivity (Wildman–Crippen MR) is 76.7 cm³/mol. The Kier molecular flexibility index (Phi) is 3.91. The average molecular weight is 251 g/mol. The lowest BCUT2D eigenvalue weighted by Gasteiger charge is -2.17. The monoisotopic (exact) mass is 251 g/mol. The lowest BCUT2D eigenvalue weighted by atomic mass is 10.0. The van der Waals surface area contributed by atoms with Crippen molar-refractivity contribution in [1.82, 2.24) is 9.97 Å². The smallest absolute Gasteiger partial charge is 0.227 e. The van der Waals surface area contributed by atoms with Crippen LogP contribution in [-0.2, 0) is 0 Å². The molecule has 0 bridgehead atoms. The van der Waals surface area contributed by atoms with Gasteiger partial charge in [-0.2, -0.15) is 0 Å². The van der Waals surface area contributed by atoms with E-state index in [4.69, 9.17) is 15.8 Å². The molecule has 0 saturated heterocycles. The second kappa shape index (κ2) is 5.62. The normalized spacial score (nSPS) is 10.0. The van der Waals surface area contributed by atoms with Crippen LogP contribution in [0.15, 0.2) is 30.6 Å². The third-order valence-electron chi connectivity index (χ3n) is 2.43. The quantitative estimate of drug-likeness (QED) is 0.537. The summed E-state index contributed by atoms with van der Waals surface area (Å²) in [6, 6.07) is 5.19. The van der Waals surface area contributed by atoms with Gasteiger partial charge in [-0.15, -0.1) is 0 Å². The average Bonchev–Trinajstić information content (AvgIpc) is 2.41. The van der Waals surface area contributed by atoms with Crippen LogP contribution in [0.1, 0.15) is 0 Å².